The molecular weight excluding hydrogens is 266 g/mol. The average Bonchev–Trinajstić information content (AvgIpc) is 2.47. The Balaban J connectivity index is 4.43. The van der Waals surface area contributed by atoms with Crippen LogP contribution in [0.2, 0.25) is 0 Å². The number of unbranched alkanes of at least 4 members (excludes halogenated alkanes) is 6. The van der Waals surface area contributed by atoms with Gasteiger partial charge in [0.25, 0.3) is 0 Å². The molecule has 122 valence electrons. The molecule has 0 aliphatic heterocycles. The summed E-state index contributed by atoms with van der Waals surface area (Å²) in [5.74, 6) is 0.828. The van der Waals surface area contributed by atoms with E-state index in [1.54, 1.807) is 0 Å². The number of halogens is 1. The van der Waals surface area contributed by atoms with Gasteiger partial charge in [-0.3, -0.25) is 0 Å². The highest BCUT2D eigenvalue weighted by molar-refractivity contribution is 6.17. The highest BCUT2D eigenvalue weighted by Crippen LogP contribution is 2.17. The van der Waals surface area contributed by atoms with Crippen molar-refractivity contribution >= 4 is 11.6 Å². The Morgan fingerprint density at radius 3 is 1.55 bits per heavy atom. The largest absolute Gasteiger partial charge is 0.324 e. The monoisotopic (exact) mass is 304 g/mol. The van der Waals surface area contributed by atoms with E-state index in [-0.39, 0.29) is 0 Å². The minimum absolute atomic E-state index is 0.828. The Labute approximate surface area is 133 Å². The van der Waals surface area contributed by atoms with Crippen LogP contribution in [0.4, 0.5) is 0 Å². The summed E-state index contributed by atoms with van der Waals surface area (Å²) < 4.78 is 1.35. The lowest BCUT2D eigenvalue weighted by Gasteiger charge is -2.39. The lowest BCUT2D eigenvalue weighted by atomic mass is 10.1. The molecule has 0 saturated carbocycles. The molecule has 0 aromatic heterocycles. The van der Waals surface area contributed by atoms with Crippen molar-refractivity contribution in [3.63, 3.8) is 0 Å². The SMILES string of the molecule is CCCCCC[N+](CCCC)(CCCCl)CCCCC. The summed E-state index contributed by atoms with van der Waals surface area (Å²) in [6.07, 6.45) is 13.6. The lowest BCUT2D eigenvalue weighted by molar-refractivity contribution is -0.928. The van der Waals surface area contributed by atoms with Crippen molar-refractivity contribution in [3.8, 4) is 0 Å². The van der Waals surface area contributed by atoms with E-state index in [1.165, 1.54) is 94.9 Å². The second kappa shape index (κ2) is 14.2. The van der Waals surface area contributed by atoms with Gasteiger partial charge in [-0.15, -0.1) is 11.6 Å². The number of alkyl halides is 1. The number of nitrogens with zero attached hydrogens (tertiary/aromatic N) is 1. The van der Waals surface area contributed by atoms with Crippen LogP contribution >= 0.6 is 11.6 Å². The molecule has 0 aromatic carbocycles. The molecule has 0 bridgehead atoms. The quantitative estimate of drug-likeness (QED) is 0.198. The maximum Gasteiger partial charge on any atom is 0.0798 e. The molecule has 0 aromatic rings. The Morgan fingerprint density at radius 1 is 0.550 bits per heavy atom. The molecule has 1 nitrogen and oxygen atoms in total. The highest BCUT2D eigenvalue weighted by atomic mass is 35.5. The zero-order valence-corrected chi connectivity index (χ0v) is 15.2. The minimum atomic E-state index is 0.828. The molecule has 20 heavy (non-hydrogen) atoms. The van der Waals surface area contributed by atoms with Gasteiger partial charge >= 0.3 is 0 Å². The second-order valence-corrected chi connectivity index (χ2v) is 6.78. The van der Waals surface area contributed by atoms with Crippen molar-refractivity contribution in [2.24, 2.45) is 0 Å². The fourth-order valence-corrected chi connectivity index (χ4v) is 3.25. The first-order valence-electron chi connectivity index (χ1n) is 9.15. The standard InChI is InChI=1S/C18H39ClN/c1-4-7-10-12-17-20(15-9-6-3,18-13-14-19)16-11-8-5-2/h4-18H2,1-3H3/q+1. The van der Waals surface area contributed by atoms with Crippen molar-refractivity contribution in [3.05, 3.63) is 0 Å². The molecule has 0 radical (unpaired) electrons. The van der Waals surface area contributed by atoms with E-state index in [2.05, 4.69) is 20.8 Å². The van der Waals surface area contributed by atoms with Crippen LogP contribution in [0.15, 0.2) is 0 Å². The molecule has 2 heteroatoms. The maximum atomic E-state index is 5.98. The van der Waals surface area contributed by atoms with E-state index in [0.717, 1.165) is 5.88 Å². The summed E-state index contributed by atoms with van der Waals surface area (Å²) in [5, 5.41) is 0. The number of quaternary nitrogens is 1. The van der Waals surface area contributed by atoms with Gasteiger partial charge in [0.2, 0.25) is 0 Å². The summed E-state index contributed by atoms with van der Waals surface area (Å²) in [6, 6.07) is 0. The summed E-state index contributed by atoms with van der Waals surface area (Å²) in [7, 11) is 0. The first-order chi connectivity index (χ1) is 9.74. The molecule has 0 aliphatic carbocycles. The molecule has 0 amide bonds. The van der Waals surface area contributed by atoms with Gasteiger partial charge in [-0.05, 0) is 32.1 Å². The third-order valence-electron chi connectivity index (χ3n) is 4.47. The number of hydrogen-bond acceptors (Lipinski definition) is 0. The molecule has 0 N–H and O–H groups in total. The topological polar surface area (TPSA) is 0 Å². The average molecular weight is 305 g/mol. The van der Waals surface area contributed by atoms with Crippen LogP contribution in [0.3, 0.4) is 0 Å². The fraction of sp³-hybridized carbons (Fsp3) is 1.00. The van der Waals surface area contributed by atoms with Crippen molar-refractivity contribution in [1.29, 1.82) is 0 Å². The highest BCUT2D eigenvalue weighted by Gasteiger charge is 2.25. The zero-order valence-electron chi connectivity index (χ0n) is 14.4. The predicted molar refractivity (Wildman–Crippen MR) is 93.6 cm³/mol. The van der Waals surface area contributed by atoms with Crippen molar-refractivity contribution in [2.75, 3.05) is 32.1 Å². The normalized spacial score (nSPS) is 14.4. The Kier molecular flexibility index (Phi) is 14.4. The predicted octanol–water partition coefficient (Wildman–Crippen LogP) is 6.00. The molecule has 1 unspecified atom stereocenters. The molecule has 1 atom stereocenters. The number of rotatable bonds is 15. The summed E-state index contributed by atoms with van der Waals surface area (Å²) >= 11 is 5.98. The Morgan fingerprint density at radius 2 is 1.00 bits per heavy atom. The lowest BCUT2D eigenvalue weighted by Crippen LogP contribution is -2.51. The smallest absolute Gasteiger partial charge is 0.0798 e. The van der Waals surface area contributed by atoms with Gasteiger partial charge in [-0.1, -0.05) is 46.5 Å². The Bertz CT molecular complexity index is 186. The first kappa shape index (κ1) is 20.2. The van der Waals surface area contributed by atoms with Gasteiger partial charge in [-0.2, -0.15) is 0 Å². The van der Waals surface area contributed by atoms with E-state index in [1.807, 2.05) is 0 Å². The van der Waals surface area contributed by atoms with E-state index in [0.29, 0.717) is 0 Å². The van der Waals surface area contributed by atoms with Gasteiger partial charge in [0, 0.05) is 12.3 Å². The van der Waals surface area contributed by atoms with Crippen LogP contribution in [0.5, 0.6) is 0 Å². The molecule has 0 rings (SSSR count). The van der Waals surface area contributed by atoms with Crippen molar-refractivity contribution in [2.45, 2.75) is 85.0 Å². The van der Waals surface area contributed by atoms with Gasteiger partial charge in [0.15, 0.2) is 0 Å². The van der Waals surface area contributed by atoms with Gasteiger partial charge in [0.1, 0.15) is 0 Å². The van der Waals surface area contributed by atoms with Crippen LogP contribution in [-0.2, 0) is 0 Å². The van der Waals surface area contributed by atoms with Crippen LogP contribution in [0, 0.1) is 0 Å². The third-order valence-corrected chi connectivity index (χ3v) is 4.74. The molecule has 0 fully saturated rings. The van der Waals surface area contributed by atoms with Crippen LogP contribution in [0.1, 0.15) is 85.0 Å². The molecule has 0 spiro atoms. The fourth-order valence-electron chi connectivity index (χ4n) is 3.13. The zero-order chi connectivity index (χ0) is 15.1. The molecule has 0 heterocycles. The van der Waals surface area contributed by atoms with Crippen LogP contribution in [-0.4, -0.2) is 36.5 Å². The molecule has 0 aliphatic rings. The van der Waals surface area contributed by atoms with E-state index < -0.39 is 0 Å². The van der Waals surface area contributed by atoms with Gasteiger partial charge < -0.3 is 4.48 Å². The third kappa shape index (κ3) is 10.0. The summed E-state index contributed by atoms with van der Waals surface area (Å²) in [4.78, 5) is 0. The summed E-state index contributed by atoms with van der Waals surface area (Å²) in [6.45, 7) is 12.4. The van der Waals surface area contributed by atoms with Gasteiger partial charge in [0.05, 0.1) is 26.2 Å². The minimum Gasteiger partial charge on any atom is -0.324 e. The number of hydrogen-bond donors (Lipinski definition) is 0. The second-order valence-electron chi connectivity index (χ2n) is 6.40. The van der Waals surface area contributed by atoms with Gasteiger partial charge in [-0.25, -0.2) is 0 Å². The van der Waals surface area contributed by atoms with Crippen molar-refractivity contribution < 1.29 is 4.48 Å². The maximum absolute atomic E-state index is 5.98. The first-order valence-corrected chi connectivity index (χ1v) is 9.69. The van der Waals surface area contributed by atoms with Crippen LogP contribution < -0.4 is 0 Å². The Hall–Kier alpha value is 0.250. The van der Waals surface area contributed by atoms with E-state index in [9.17, 15) is 0 Å². The molecular formula is C18H39ClN+. The summed E-state index contributed by atoms with van der Waals surface area (Å²) in [5.41, 5.74) is 0. The van der Waals surface area contributed by atoms with Crippen molar-refractivity contribution in [1.82, 2.24) is 0 Å². The van der Waals surface area contributed by atoms with Crippen LogP contribution in [0.25, 0.3) is 0 Å². The van der Waals surface area contributed by atoms with E-state index >= 15 is 0 Å². The molecule has 0 saturated heterocycles. The van der Waals surface area contributed by atoms with E-state index in [4.69, 9.17) is 11.6 Å².